The maximum absolute atomic E-state index is 13.6. The maximum Gasteiger partial charge on any atom is 0.252 e. The van der Waals surface area contributed by atoms with Gasteiger partial charge >= 0.3 is 0 Å². The molecule has 2 heterocycles. The van der Waals surface area contributed by atoms with Gasteiger partial charge in [-0.15, -0.1) is 10.2 Å². The largest absolute Gasteiger partial charge is 0.343 e. The summed E-state index contributed by atoms with van der Waals surface area (Å²) in [5.74, 6) is -0.543. The lowest BCUT2D eigenvalue weighted by Crippen LogP contribution is -2.58. The van der Waals surface area contributed by atoms with Crippen molar-refractivity contribution in [1.82, 2.24) is 25.3 Å². The molecule has 0 radical (unpaired) electrons. The van der Waals surface area contributed by atoms with E-state index < -0.39 is 6.04 Å². The number of carbonyl (C=O) groups is 3. The van der Waals surface area contributed by atoms with Crippen molar-refractivity contribution >= 4 is 34.2 Å². The van der Waals surface area contributed by atoms with Crippen LogP contribution in [0, 0.1) is 11.8 Å². The Morgan fingerprint density at radius 3 is 2.37 bits per heavy atom. The van der Waals surface area contributed by atoms with Crippen molar-refractivity contribution in [2.45, 2.75) is 91.9 Å². The molecule has 0 saturated carbocycles. The third-order valence-electron chi connectivity index (χ3n) is 6.58. The van der Waals surface area contributed by atoms with Crippen LogP contribution in [0.3, 0.4) is 0 Å². The number of likely N-dealkylation sites (tertiary alicyclic amines) is 1. The highest BCUT2D eigenvalue weighted by atomic mass is 32.1. The summed E-state index contributed by atoms with van der Waals surface area (Å²) in [6.07, 6.45) is 4.71. The summed E-state index contributed by atoms with van der Waals surface area (Å²) >= 11 is 1.24. The molecule has 1 aliphatic heterocycles. The highest BCUT2D eigenvalue weighted by Gasteiger charge is 2.36. The van der Waals surface area contributed by atoms with E-state index in [0.29, 0.717) is 10.7 Å². The Morgan fingerprint density at radius 2 is 1.83 bits per heavy atom. The van der Waals surface area contributed by atoms with E-state index in [0.717, 1.165) is 25.8 Å². The van der Waals surface area contributed by atoms with Gasteiger partial charge in [-0.05, 0) is 52.0 Å². The standard InChI is InChI=1S/C25H42N6O3S/c1-15(2)20(13-18(7)22(32)28-25-29-26-14-35-25)30(8)24(34)21(16(3)4)27-23(33)19-11-9-10-12-31(19)17(5)6/h13-17,19-21H,9-12H2,1-8H3,(H,27,33)(H,28,29,32)/b18-13+. The molecule has 2 N–H and O–H groups in total. The highest BCUT2D eigenvalue weighted by Crippen LogP contribution is 2.21. The van der Waals surface area contributed by atoms with Gasteiger partial charge in [-0.1, -0.05) is 51.5 Å². The van der Waals surface area contributed by atoms with Crippen LogP contribution in [-0.2, 0) is 14.4 Å². The molecule has 1 fully saturated rings. The molecule has 10 heteroatoms. The van der Waals surface area contributed by atoms with Gasteiger partial charge in [-0.3, -0.25) is 24.6 Å². The monoisotopic (exact) mass is 506 g/mol. The number of piperidine rings is 1. The number of hydrogen-bond donors (Lipinski definition) is 2. The van der Waals surface area contributed by atoms with Gasteiger partial charge < -0.3 is 10.2 Å². The van der Waals surface area contributed by atoms with Gasteiger partial charge in [0.05, 0.1) is 12.1 Å². The molecular formula is C25H42N6O3S. The molecule has 1 aromatic heterocycles. The van der Waals surface area contributed by atoms with Gasteiger partial charge in [-0.25, -0.2) is 0 Å². The zero-order chi connectivity index (χ0) is 26.3. The number of nitrogens with one attached hydrogen (secondary N) is 2. The van der Waals surface area contributed by atoms with Crippen molar-refractivity contribution in [2.24, 2.45) is 11.8 Å². The van der Waals surface area contributed by atoms with Gasteiger partial charge in [0.2, 0.25) is 16.9 Å². The van der Waals surface area contributed by atoms with E-state index in [1.54, 1.807) is 30.5 Å². The van der Waals surface area contributed by atoms with Gasteiger partial charge in [0.15, 0.2) is 0 Å². The average molecular weight is 507 g/mol. The van der Waals surface area contributed by atoms with E-state index in [1.807, 2.05) is 27.7 Å². The molecule has 1 aromatic rings. The molecule has 0 bridgehead atoms. The second-order valence-corrected chi connectivity index (χ2v) is 11.1. The number of amides is 3. The van der Waals surface area contributed by atoms with E-state index >= 15 is 0 Å². The van der Waals surface area contributed by atoms with Crippen LogP contribution in [-0.4, -0.2) is 75.5 Å². The summed E-state index contributed by atoms with van der Waals surface area (Å²) in [6.45, 7) is 14.7. The SMILES string of the molecule is C/C(=C\C(C(C)C)N(C)C(=O)C(NC(=O)C1CCCCN1C(C)C)C(C)C)C(=O)Nc1nncs1. The van der Waals surface area contributed by atoms with Gasteiger partial charge in [0.1, 0.15) is 11.6 Å². The number of likely N-dealkylation sites (N-methyl/N-ethyl adjacent to an activating group) is 1. The van der Waals surface area contributed by atoms with Crippen LogP contribution in [0.1, 0.15) is 67.7 Å². The molecule has 196 valence electrons. The molecule has 2 rings (SSSR count). The van der Waals surface area contributed by atoms with E-state index in [1.165, 1.54) is 11.3 Å². The number of hydrogen-bond acceptors (Lipinski definition) is 7. The minimum atomic E-state index is -0.645. The first-order valence-electron chi connectivity index (χ1n) is 12.5. The normalized spacial score (nSPS) is 19.1. The number of nitrogens with zero attached hydrogens (tertiary/aromatic N) is 4. The fourth-order valence-corrected chi connectivity index (χ4v) is 4.93. The molecule has 0 aromatic carbocycles. The van der Waals surface area contributed by atoms with E-state index in [9.17, 15) is 14.4 Å². The Morgan fingerprint density at radius 1 is 1.14 bits per heavy atom. The minimum absolute atomic E-state index is 0.0616. The molecule has 3 amide bonds. The van der Waals surface area contributed by atoms with Gasteiger partial charge in [0, 0.05) is 18.7 Å². The third kappa shape index (κ3) is 7.83. The van der Waals surface area contributed by atoms with Crippen molar-refractivity contribution in [3.63, 3.8) is 0 Å². The lowest BCUT2D eigenvalue weighted by atomic mass is 9.95. The van der Waals surface area contributed by atoms with Crippen LogP contribution >= 0.6 is 11.3 Å². The molecule has 9 nitrogen and oxygen atoms in total. The van der Waals surface area contributed by atoms with Crippen molar-refractivity contribution in [2.75, 3.05) is 18.9 Å². The number of aromatic nitrogens is 2. The predicted octanol–water partition coefficient (Wildman–Crippen LogP) is 3.31. The quantitative estimate of drug-likeness (QED) is 0.472. The minimum Gasteiger partial charge on any atom is -0.343 e. The summed E-state index contributed by atoms with van der Waals surface area (Å²) in [6, 6.07) is -0.905. The zero-order valence-corrected chi connectivity index (χ0v) is 23.2. The Kier molecular flexibility index (Phi) is 10.8. The molecular weight excluding hydrogens is 464 g/mol. The molecule has 35 heavy (non-hydrogen) atoms. The van der Waals surface area contributed by atoms with E-state index in [4.69, 9.17) is 0 Å². The van der Waals surface area contributed by atoms with Crippen molar-refractivity contribution in [1.29, 1.82) is 0 Å². The Labute approximate surface area is 213 Å². The summed E-state index contributed by atoms with van der Waals surface area (Å²) in [5.41, 5.74) is 2.03. The average Bonchev–Trinajstić information content (AvgIpc) is 3.32. The molecule has 1 saturated heterocycles. The summed E-state index contributed by atoms with van der Waals surface area (Å²) in [4.78, 5) is 43.4. The first kappa shape index (κ1) is 28.9. The van der Waals surface area contributed by atoms with Crippen LogP contribution in [0.5, 0.6) is 0 Å². The molecule has 1 aliphatic rings. The number of rotatable bonds is 10. The van der Waals surface area contributed by atoms with Crippen molar-refractivity contribution in [3.8, 4) is 0 Å². The number of anilines is 1. The second-order valence-electron chi connectivity index (χ2n) is 10.3. The topological polar surface area (TPSA) is 108 Å². The summed E-state index contributed by atoms with van der Waals surface area (Å²) in [5, 5.41) is 13.8. The van der Waals surface area contributed by atoms with Crippen LogP contribution in [0.15, 0.2) is 17.2 Å². The molecule has 0 spiro atoms. The van der Waals surface area contributed by atoms with Crippen LogP contribution < -0.4 is 10.6 Å². The Hall–Kier alpha value is -2.33. The van der Waals surface area contributed by atoms with E-state index in [2.05, 4.69) is 39.6 Å². The lowest BCUT2D eigenvalue weighted by Gasteiger charge is -2.39. The summed E-state index contributed by atoms with van der Waals surface area (Å²) < 4.78 is 0. The highest BCUT2D eigenvalue weighted by molar-refractivity contribution is 7.13. The first-order chi connectivity index (χ1) is 16.4. The smallest absolute Gasteiger partial charge is 0.252 e. The maximum atomic E-state index is 13.6. The summed E-state index contributed by atoms with van der Waals surface area (Å²) in [7, 11) is 1.74. The third-order valence-corrected chi connectivity index (χ3v) is 7.18. The Balaban J connectivity index is 2.17. The van der Waals surface area contributed by atoms with E-state index in [-0.39, 0.29) is 47.7 Å². The van der Waals surface area contributed by atoms with Crippen molar-refractivity contribution in [3.05, 3.63) is 17.2 Å². The fourth-order valence-electron chi connectivity index (χ4n) is 4.49. The predicted molar refractivity (Wildman–Crippen MR) is 140 cm³/mol. The molecule has 3 unspecified atom stereocenters. The lowest BCUT2D eigenvalue weighted by molar-refractivity contribution is -0.140. The second kappa shape index (κ2) is 13.1. The molecule has 3 atom stereocenters. The fraction of sp³-hybridized carbons (Fsp3) is 0.720. The van der Waals surface area contributed by atoms with Gasteiger partial charge in [0.25, 0.3) is 5.91 Å². The van der Waals surface area contributed by atoms with Gasteiger partial charge in [-0.2, -0.15) is 0 Å². The number of carbonyl (C=O) groups excluding carboxylic acids is 3. The first-order valence-corrected chi connectivity index (χ1v) is 13.4. The van der Waals surface area contributed by atoms with Crippen molar-refractivity contribution < 1.29 is 14.4 Å². The van der Waals surface area contributed by atoms with Crippen LogP contribution in [0.2, 0.25) is 0 Å². The van der Waals surface area contributed by atoms with Crippen LogP contribution in [0.4, 0.5) is 5.13 Å². The molecule has 0 aliphatic carbocycles. The van der Waals surface area contributed by atoms with Crippen LogP contribution in [0.25, 0.3) is 0 Å². The zero-order valence-electron chi connectivity index (χ0n) is 22.4. The Bertz CT molecular complexity index is 884.